The summed E-state index contributed by atoms with van der Waals surface area (Å²) in [5, 5.41) is 30.2. The quantitative estimate of drug-likeness (QED) is 0.740. The molecule has 0 aromatic heterocycles. The molecule has 22 heavy (non-hydrogen) atoms. The number of aliphatic hydroxyl groups is 1. The summed E-state index contributed by atoms with van der Waals surface area (Å²) in [6, 6.07) is 10.8. The molecule has 5 heteroatoms. The molecule has 0 spiro atoms. The molecule has 0 amide bonds. The van der Waals surface area contributed by atoms with E-state index in [0.29, 0.717) is 0 Å². The number of phenols is 2. The first-order valence-electron chi connectivity index (χ1n) is 6.66. The average molecular weight is 302 g/mol. The van der Waals surface area contributed by atoms with Crippen molar-refractivity contribution in [3.8, 4) is 23.0 Å². The molecule has 2 rings (SSSR count). The Balaban J connectivity index is 2.39. The van der Waals surface area contributed by atoms with Crippen molar-refractivity contribution >= 4 is 6.08 Å². The van der Waals surface area contributed by atoms with Crippen molar-refractivity contribution in [3.63, 3.8) is 0 Å². The number of ether oxygens (including phenoxy) is 2. The SMILES string of the molecule is COc1cc(OC)c(C(O)C=Cc2ccccc2)c(O)c1O. The van der Waals surface area contributed by atoms with Gasteiger partial charge in [-0.3, -0.25) is 0 Å². The topological polar surface area (TPSA) is 79.2 Å². The molecule has 1 atom stereocenters. The molecule has 0 aliphatic rings. The molecule has 0 radical (unpaired) electrons. The van der Waals surface area contributed by atoms with Crippen molar-refractivity contribution in [2.75, 3.05) is 14.2 Å². The number of methoxy groups -OCH3 is 2. The van der Waals surface area contributed by atoms with Crippen LogP contribution in [-0.4, -0.2) is 29.5 Å². The van der Waals surface area contributed by atoms with E-state index in [-0.39, 0.29) is 17.1 Å². The van der Waals surface area contributed by atoms with Crippen LogP contribution in [0.25, 0.3) is 6.08 Å². The maximum Gasteiger partial charge on any atom is 0.201 e. The van der Waals surface area contributed by atoms with Gasteiger partial charge in [0.15, 0.2) is 11.5 Å². The van der Waals surface area contributed by atoms with Crippen molar-refractivity contribution in [1.82, 2.24) is 0 Å². The Hall–Kier alpha value is -2.66. The summed E-state index contributed by atoms with van der Waals surface area (Å²) >= 11 is 0. The predicted octanol–water partition coefficient (Wildman–Crippen LogP) is 2.86. The van der Waals surface area contributed by atoms with Crippen LogP contribution in [0.3, 0.4) is 0 Å². The highest BCUT2D eigenvalue weighted by Gasteiger charge is 2.22. The van der Waals surface area contributed by atoms with E-state index in [2.05, 4.69) is 0 Å². The molecule has 0 saturated carbocycles. The number of phenolic OH excluding ortho intramolecular Hbond substituents is 2. The van der Waals surface area contributed by atoms with Gasteiger partial charge in [0.1, 0.15) is 11.9 Å². The first-order valence-corrected chi connectivity index (χ1v) is 6.66. The third-order valence-electron chi connectivity index (χ3n) is 3.25. The summed E-state index contributed by atoms with van der Waals surface area (Å²) < 4.78 is 10.1. The van der Waals surface area contributed by atoms with Crippen LogP contribution in [0.15, 0.2) is 42.5 Å². The zero-order chi connectivity index (χ0) is 16.1. The molecule has 0 saturated heterocycles. The van der Waals surface area contributed by atoms with E-state index >= 15 is 0 Å². The molecule has 0 aliphatic carbocycles. The lowest BCUT2D eigenvalue weighted by Gasteiger charge is -2.16. The highest BCUT2D eigenvalue weighted by molar-refractivity contribution is 5.62. The Labute approximate surface area is 128 Å². The van der Waals surface area contributed by atoms with E-state index in [1.807, 2.05) is 30.3 Å². The maximum absolute atomic E-state index is 10.3. The highest BCUT2D eigenvalue weighted by Crippen LogP contribution is 2.46. The van der Waals surface area contributed by atoms with Gasteiger partial charge in [-0.2, -0.15) is 0 Å². The summed E-state index contributed by atoms with van der Waals surface area (Å²) in [6.45, 7) is 0. The maximum atomic E-state index is 10.3. The molecule has 0 aliphatic heterocycles. The number of hydrogen-bond acceptors (Lipinski definition) is 5. The molecular formula is C17H18O5. The second-order valence-electron chi connectivity index (χ2n) is 4.61. The van der Waals surface area contributed by atoms with Gasteiger partial charge in [-0.15, -0.1) is 0 Å². The average Bonchev–Trinajstić information content (AvgIpc) is 2.55. The van der Waals surface area contributed by atoms with Crippen molar-refractivity contribution in [2.24, 2.45) is 0 Å². The van der Waals surface area contributed by atoms with Gasteiger partial charge < -0.3 is 24.8 Å². The Bertz CT molecular complexity index is 664. The first-order chi connectivity index (χ1) is 10.6. The fraction of sp³-hybridized carbons (Fsp3) is 0.176. The van der Waals surface area contributed by atoms with Gasteiger partial charge in [0.05, 0.1) is 19.8 Å². The summed E-state index contributed by atoms with van der Waals surface area (Å²) in [6.07, 6.45) is 2.07. The predicted molar refractivity (Wildman–Crippen MR) is 83.3 cm³/mol. The molecule has 0 bridgehead atoms. The van der Waals surface area contributed by atoms with E-state index in [0.717, 1.165) is 5.56 Å². The monoisotopic (exact) mass is 302 g/mol. The van der Waals surface area contributed by atoms with Crippen LogP contribution in [0.1, 0.15) is 17.2 Å². The molecule has 0 fully saturated rings. The standard InChI is InChI=1S/C17H18O5/c1-21-13-10-14(22-2)16(19)17(20)15(13)12(18)9-8-11-6-4-3-5-7-11/h3-10,12,18-20H,1-2H3. The fourth-order valence-corrected chi connectivity index (χ4v) is 2.10. The van der Waals surface area contributed by atoms with Crippen molar-refractivity contribution in [2.45, 2.75) is 6.10 Å². The van der Waals surface area contributed by atoms with Crippen molar-refractivity contribution in [3.05, 3.63) is 53.6 Å². The Morgan fingerprint density at radius 2 is 1.59 bits per heavy atom. The van der Waals surface area contributed by atoms with Gasteiger partial charge in [0, 0.05) is 6.07 Å². The lowest BCUT2D eigenvalue weighted by atomic mass is 10.0. The van der Waals surface area contributed by atoms with Gasteiger partial charge >= 0.3 is 0 Å². The largest absolute Gasteiger partial charge is 0.504 e. The summed E-state index contributed by atoms with van der Waals surface area (Å²) in [4.78, 5) is 0. The Kier molecular flexibility index (Phi) is 4.91. The van der Waals surface area contributed by atoms with E-state index < -0.39 is 17.6 Å². The van der Waals surface area contributed by atoms with Gasteiger partial charge in [0.2, 0.25) is 5.75 Å². The highest BCUT2D eigenvalue weighted by atomic mass is 16.5. The van der Waals surface area contributed by atoms with Gasteiger partial charge in [0.25, 0.3) is 0 Å². The van der Waals surface area contributed by atoms with Crippen LogP contribution < -0.4 is 9.47 Å². The molecule has 2 aromatic carbocycles. The molecule has 1 unspecified atom stereocenters. The van der Waals surface area contributed by atoms with Crippen LogP contribution >= 0.6 is 0 Å². The summed E-state index contributed by atoms with van der Waals surface area (Å²) in [5.41, 5.74) is 0.978. The van der Waals surface area contributed by atoms with Crippen molar-refractivity contribution in [1.29, 1.82) is 0 Å². The van der Waals surface area contributed by atoms with E-state index in [1.54, 1.807) is 6.08 Å². The van der Waals surface area contributed by atoms with E-state index in [4.69, 9.17) is 9.47 Å². The molecule has 5 nitrogen and oxygen atoms in total. The van der Waals surface area contributed by atoms with Gasteiger partial charge in [-0.25, -0.2) is 0 Å². The van der Waals surface area contributed by atoms with Crippen LogP contribution in [0, 0.1) is 0 Å². The van der Waals surface area contributed by atoms with E-state index in [9.17, 15) is 15.3 Å². The first kappa shape index (κ1) is 15.7. The number of benzene rings is 2. The second kappa shape index (κ2) is 6.87. The third-order valence-corrected chi connectivity index (χ3v) is 3.25. The second-order valence-corrected chi connectivity index (χ2v) is 4.61. The number of hydrogen-bond donors (Lipinski definition) is 3. The number of aromatic hydroxyl groups is 2. The molecule has 116 valence electrons. The minimum atomic E-state index is -1.15. The van der Waals surface area contributed by atoms with E-state index in [1.165, 1.54) is 26.4 Å². The molecule has 2 aromatic rings. The van der Waals surface area contributed by atoms with Gasteiger partial charge in [-0.05, 0) is 5.56 Å². The smallest absolute Gasteiger partial charge is 0.201 e. The number of rotatable bonds is 5. The molecule has 0 heterocycles. The lowest BCUT2D eigenvalue weighted by molar-refractivity contribution is 0.215. The minimum Gasteiger partial charge on any atom is -0.504 e. The Morgan fingerprint density at radius 1 is 0.955 bits per heavy atom. The van der Waals surface area contributed by atoms with Crippen LogP contribution in [0.4, 0.5) is 0 Å². The van der Waals surface area contributed by atoms with Crippen molar-refractivity contribution < 1.29 is 24.8 Å². The molecular weight excluding hydrogens is 284 g/mol. The number of aliphatic hydroxyl groups excluding tert-OH is 1. The van der Waals surface area contributed by atoms with Gasteiger partial charge in [-0.1, -0.05) is 42.5 Å². The Morgan fingerprint density at radius 3 is 2.18 bits per heavy atom. The van der Waals surface area contributed by atoms with Crippen LogP contribution in [0.2, 0.25) is 0 Å². The van der Waals surface area contributed by atoms with Crippen LogP contribution in [0.5, 0.6) is 23.0 Å². The molecule has 3 N–H and O–H groups in total. The minimum absolute atomic E-state index is 0.0670. The lowest BCUT2D eigenvalue weighted by Crippen LogP contribution is -2.00. The fourth-order valence-electron chi connectivity index (χ4n) is 2.10. The van der Waals surface area contributed by atoms with Crippen LogP contribution in [-0.2, 0) is 0 Å². The summed E-state index contributed by atoms with van der Waals surface area (Å²) in [5.74, 6) is -0.624. The third kappa shape index (κ3) is 3.15. The summed E-state index contributed by atoms with van der Waals surface area (Å²) in [7, 11) is 2.77. The normalized spacial score (nSPS) is 12.3. The zero-order valence-corrected chi connectivity index (χ0v) is 12.4. The zero-order valence-electron chi connectivity index (χ0n) is 12.4.